The molecule has 0 atom stereocenters. The summed E-state index contributed by atoms with van der Waals surface area (Å²) in [7, 11) is 1.92. The molecule has 1 saturated carbocycles. The minimum absolute atomic E-state index is 0.0165. The largest absolute Gasteiger partial charge is 0.506 e. The third kappa shape index (κ3) is 3.27. The van der Waals surface area contributed by atoms with E-state index in [2.05, 4.69) is 21.6 Å². The minimum Gasteiger partial charge on any atom is -0.506 e. The molecule has 1 fully saturated rings. The van der Waals surface area contributed by atoms with Crippen LogP contribution in [-0.4, -0.2) is 25.8 Å². The number of rotatable bonds is 3. The van der Waals surface area contributed by atoms with Crippen molar-refractivity contribution in [2.24, 2.45) is 13.0 Å². The Hall–Kier alpha value is -2.37. The van der Waals surface area contributed by atoms with Gasteiger partial charge in [-0.2, -0.15) is 5.10 Å². The molecular formula is C16H20N4O2. The standard InChI is InChI=1S/C16H20N4O2/c1-20-10-13(8-18-20)11-2-4-12(5-3-11)16(22)19-15-7-6-14(21)9-17-15/h6-12,21H,2-5H2,1H3,(H,17,19,22). The van der Waals surface area contributed by atoms with E-state index < -0.39 is 0 Å². The van der Waals surface area contributed by atoms with E-state index >= 15 is 0 Å². The van der Waals surface area contributed by atoms with Crippen molar-refractivity contribution in [1.82, 2.24) is 14.8 Å². The van der Waals surface area contributed by atoms with Crippen molar-refractivity contribution in [3.8, 4) is 5.75 Å². The van der Waals surface area contributed by atoms with Gasteiger partial charge in [0.15, 0.2) is 0 Å². The van der Waals surface area contributed by atoms with Crippen LogP contribution in [-0.2, 0) is 11.8 Å². The Balaban J connectivity index is 1.54. The van der Waals surface area contributed by atoms with E-state index in [1.165, 1.54) is 17.8 Å². The highest BCUT2D eigenvalue weighted by Gasteiger charge is 2.27. The third-order valence-electron chi connectivity index (χ3n) is 4.29. The Labute approximate surface area is 129 Å². The maximum atomic E-state index is 12.3. The smallest absolute Gasteiger partial charge is 0.228 e. The van der Waals surface area contributed by atoms with Crippen LogP contribution in [0.15, 0.2) is 30.7 Å². The van der Waals surface area contributed by atoms with Gasteiger partial charge in [0.25, 0.3) is 0 Å². The van der Waals surface area contributed by atoms with Gasteiger partial charge in [-0.3, -0.25) is 9.48 Å². The number of amides is 1. The Morgan fingerprint density at radius 1 is 1.27 bits per heavy atom. The molecule has 2 heterocycles. The van der Waals surface area contributed by atoms with Crippen molar-refractivity contribution in [3.63, 3.8) is 0 Å². The molecule has 1 amide bonds. The number of pyridine rings is 1. The molecule has 0 bridgehead atoms. The summed E-state index contributed by atoms with van der Waals surface area (Å²) in [5.41, 5.74) is 1.27. The van der Waals surface area contributed by atoms with Gasteiger partial charge < -0.3 is 10.4 Å². The van der Waals surface area contributed by atoms with Gasteiger partial charge in [0.1, 0.15) is 11.6 Å². The van der Waals surface area contributed by atoms with Gasteiger partial charge in [0.2, 0.25) is 5.91 Å². The lowest BCUT2D eigenvalue weighted by Crippen LogP contribution is -2.27. The topological polar surface area (TPSA) is 80.0 Å². The minimum atomic E-state index is 0.0165. The first kappa shape index (κ1) is 14.6. The van der Waals surface area contributed by atoms with Gasteiger partial charge in [-0.1, -0.05) is 0 Å². The number of anilines is 1. The summed E-state index contributed by atoms with van der Waals surface area (Å²) in [6, 6.07) is 3.12. The Kier molecular flexibility index (Phi) is 4.09. The predicted octanol–water partition coefficient (Wildman–Crippen LogP) is 2.43. The summed E-state index contributed by atoms with van der Waals surface area (Å²) in [5.74, 6) is 1.13. The third-order valence-corrected chi connectivity index (χ3v) is 4.29. The molecule has 0 saturated heterocycles. The quantitative estimate of drug-likeness (QED) is 0.912. The van der Waals surface area contributed by atoms with Crippen LogP contribution in [0.1, 0.15) is 37.2 Å². The molecule has 0 unspecified atom stereocenters. The van der Waals surface area contributed by atoms with E-state index in [0.29, 0.717) is 11.7 Å². The number of hydrogen-bond acceptors (Lipinski definition) is 4. The molecule has 116 valence electrons. The van der Waals surface area contributed by atoms with E-state index in [4.69, 9.17) is 0 Å². The lowest BCUT2D eigenvalue weighted by atomic mass is 9.79. The zero-order valence-corrected chi connectivity index (χ0v) is 12.6. The molecule has 0 radical (unpaired) electrons. The summed E-state index contributed by atoms with van der Waals surface area (Å²) in [4.78, 5) is 16.3. The van der Waals surface area contributed by atoms with Gasteiger partial charge in [0, 0.05) is 19.2 Å². The number of hydrogen-bond donors (Lipinski definition) is 2. The SMILES string of the molecule is Cn1cc(C2CCC(C(=O)Nc3ccc(O)cn3)CC2)cn1. The molecule has 6 heteroatoms. The first-order valence-electron chi connectivity index (χ1n) is 7.56. The molecule has 2 aromatic heterocycles. The second-order valence-electron chi connectivity index (χ2n) is 5.89. The monoisotopic (exact) mass is 300 g/mol. The van der Waals surface area contributed by atoms with Crippen LogP contribution in [0.4, 0.5) is 5.82 Å². The molecule has 1 aliphatic rings. The zero-order valence-electron chi connectivity index (χ0n) is 12.6. The van der Waals surface area contributed by atoms with Gasteiger partial charge in [-0.25, -0.2) is 4.98 Å². The van der Waals surface area contributed by atoms with Gasteiger partial charge in [-0.05, 0) is 49.3 Å². The van der Waals surface area contributed by atoms with Crippen LogP contribution in [0.2, 0.25) is 0 Å². The lowest BCUT2D eigenvalue weighted by Gasteiger charge is -2.27. The lowest BCUT2D eigenvalue weighted by molar-refractivity contribution is -0.120. The van der Waals surface area contributed by atoms with Crippen LogP contribution in [0.25, 0.3) is 0 Å². The van der Waals surface area contributed by atoms with Crippen molar-refractivity contribution in [2.75, 3.05) is 5.32 Å². The first-order chi connectivity index (χ1) is 10.6. The number of aromatic hydroxyl groups is 1. The Bertz CT molecular complexity index is 642. The van der Waals surface area contributed by atoms with E-state index in [0.717, 1.165) is 25.7 Å². The van der Waals surface area contributed by atoms with E-state index in [1.54, 1.807) is 6.07 Å². The van der Waals surface area contributed by atoms with Crippen molar-refractivity contribution in [2.45, 2.75) is 31.6 Å². The fraction of sp³-hybridized carbons (Fsp3) is 0.438. The number of nitrogens with zero attached hydrogens (tertiary/aromatic N) is 3. The summed E-state index contributed by atoms with van der Waals surface area (Å²) in [6.45, 7) is 0. The van der Waals surface area contributed by atoms with E-state index in [9.17, 15) is 9.90 Å². The molecule has 6 nitrogen and oxygen atoms in total. The van der Waals surface area contributed by atoms with Gasteiger partial charge >= 0.3 is 0 Å². The van der Waals surface area contributed by atoms with Crippen LogP contribution in [0, 0.1) is 5.92 Å². The molecule has 1 aliphatic carbocycles. The normalized spacial score (nSPS) is 21.5. The fourth-order valence-electron chi connectivity index (χ4n) is 3.03. The number of aromatic nitrogens is 3. The predicted molar refractivity (Wildman–Crippen MR) is 82.4 cm³/mol. The number of carbonyl (C=O) groups excluding carboxylic acids is 1. The summed E-state index contributed by atoms with van der Waals surface area (Å²) in [6.07, 6.45) is 9.08. The van der Waals surface area contributed by atoms with Crippen molar-refractivity contribution >= 4 is 11.7 Å². The first-order valence-corrected chi connectivity index (χ1v) is 7.56. The van der Waals surface area contributed by atoms with Crippen LogP contribution in [0.5, 0.6) is 5.75 Å². The second-order valence-corrected chi connectivity index (χ2v) is 5.89. The Morgan fingerprint density at radius 3 is 2.64 bits per heavy atom. The molecular weight excluding hydrogens is 280 g/mol. The molecule has 0 aromatic carbocycles. The van der Waals surface area contributed by atoms with Crippen molar-refractivity contribution in [3.05, 3.63) is 36.3 Å². The van der Waals surface area contributed by atoms with Gasteiger partial charge in [0.05, 0.1) is 12.4 Å². The Morgan fingerprint density at radius 2 is 2.05 bits per heavy atom. The average Bonchev–Trinajstić information content (AvgIpc) is 2.96. The summed E-state index contributed by atoms with van der Waals surface area (Å²) >= 11 is 0. The summed E-state index contributed by atoms with van der Waals surface area (Å²) in [5, 5.41) is 16.2. The van der Waals surface area contributed by atoms with Crippen molar-refractivity contribution < 1.29 is 9.90 Å². The van der Waals surface area contributed by atoms with Crippen LogP contribution in [0.3, 0.4) is 0 Å². The van der Waals surface area contributed by atoms with E-state index in [-0.39, 0.29) is 17.6 Å². The molecule has 0 aliphatic heterocycles. The average molecular weight is 300 g/mol. The zero-order chi connectivity index (χ0) is 15.5. The maximum Gasteiger partial charge on any atom is 0.228 e. The fourth-order valence-corrected chi connectivity index (χ4v) is 3.03. The van der Waals surface area contributed by atoms with Crippen molar-refractivity contribution in [1.29, 1.82) is 0 Å². The number of carbonyl (C=O) groups is 1. The maximum absolute atomic E-state index is 12.3. The number of aryl methyl sites for hydroxylation is 1. The van der Waals surface area contributed by atoms with Crippen LogP contribution < -0.4 is 5.32 Å². The highest BCUT2D eigenvalue weighted by Crippen LogP contribution is 2.35. The second kappa shape index (κ2) is 6.17. The van der Waals surface area contributed by atoms with E-state index in [1.807, 2.05) is 17.9 Å². The highest BCUT2D eigenvalue weighted by atomic mass is 16.3. The molecule has 2 N–H and O–H groups in total. The molecule has 2 aromatic rings. The molecule has 0 spiro atoms. The highest BCUT2D eigenvalue weighted by molar-refractivity contribution is 5.91. The molecule has 22 heavy (non-hydrogen) atoms. The van der Waals surface area contributed by atoms with Crippen LogP contribution >= 0.6 is 0 Å². The number of nitrogens with one attached hydrogen (secondary N) is 1. The summed E-state index contributed by atoms with van der Waals surface area (Å²) < 4.78 is 1.82. The molecule has 3 rings (SSSR count). The van der Waals surface area contributed by atoms with Gasteiger partial charge in [-0.15, -0.1) is 0 Å².